The molecule has 0 fully saturated rings. The molecule has 4 aromatic rings. The molecule has 23 heavy (non-hydrogen) atoms. The fraction of sp³-hybridized carbons (Fsp3) is 0. The van der Waals surface area contributed by atoms with Crippen LogP contribution in [0.15, 0.2) is 77.5 Å². The van der Waals surface area contributed by atoms with Gasteiger partial charge in [-0.05, 0) is 15.9 Å². The standard InChI is InChI=1S/C19H12BrN3/c20-15-11-21-12-16-19(15)23-18(14-9-5-2-6-10-14)17(22-16)13-7-3-1-4-8-13/h1-12H. The Morgan fingerprint density at radius 1 is 0.652 bits per heavy atom. The molecule has 0 amide bonds. The minimum Gasteiger partial charge on any atom is -0.261 e. The Balaban J connectivity index is 2.07. The number of hydrogen-bond acceptors (Lipinski definition) is 3. The molecule has 0 bridgehead atoms. The second-order valence-corrected chi connectivity index (χ2v) is 6.00. The SMILES string of the molecule is Brc1cncc2nc(-c3ccccc3)c(-c3ccccc3)nc12. The van der Waals surface area contributed by atoms with E-state index in [4.69, 9.17) is 9.97 Å². The number of fused-ring (bicyclic) bond motifs is 1. The molecule has 0 atom stereocenters. The molecule has 2 aromatic carbocycles. The first-order valence-electron chi connectivity index (χ1n) is 7.25. The zero-order chi connectivity index (χ0) is 15.6. The van der Waals surface area contributed by atoms with E-state index in [0.717, 1.165) is 38.0 Å². The summed E-state index contributed by atoms with van der Waals surface area (Å²) in [5.74, 6) is 0. The van der Waals surface area contributed by atoms with E-state index >= 15 is 0 Å². The van der Waals surface area contributed by atoms with Gasteiger partial charge in [0.1, 0.15) is 11.0 Å². The van der Waals surface area contributed by atoms with Crippen molar-refractivity contribution in [3.05, 3.63) is 77.5 Å². The number of benzene rings is 2. The summed E-state index contributed by atoms with van der Waals surface area (Å²) in [4.78, 5) is 13.9. The lowest BCUT2D eigenvalue weighted by molar-refractivity contribution is 1.24. The summed E-state index contributed by atoms with van der Waals surface area (Å²) in [6.45, 7) is 0. The molecular weight excluding hydrogens is 350 g/mol. The predicted molar refractivity (Wildman–Crippen MR) is 95.9 cm³/mol. The van der Waals surface area contributed by atoms with E-state index in [1.165, 1.54) is 0 Å². The van der Waals surface area contributed by atoms with Crippen LogP contribution in [-0.2, 0) is 0 Å². The molecule has 0 unspecified atom stereocenters. The van der Waals surface area contributed by atoms with E-state index in [-0.39, 0.29) is 0 Å². The molecule has 0 aliphatic rings. The number of halogens is 1. The number of rotatable bonds is 2. The van der Waals surface area contributed by atoms with Crippen molar-refractivity contribution in [2.24, 2.45) is 0 Å². The Bertz CT molecular complexity index is 970. The van der Waals surface area contributed by atoms with Gasteiger partial charge in [-0.1, -0.05) is 60.7 Å². The summed E-state index contributed by atoms with van der Waals surface area (Å²) in [7, 11) is 0. The van der Waals surface area contributed by atoms with Crippen LogP contribution in [0.2, 0.25) is 0 Å². The molecule has 0 aliphatic heterocycles. The quantitative estimate of drug-likeness (QED) is 0.497. The van der Waals surface area contributed by atoms with Gasteiger partial charge in [0.2, 0.25) is 0 Å². The van der Waals surface area contributed by atoms with Gasteiger partial charge in [0, 0.05) is 17.3 Å². The first kappa shape index (κ1) is 14.0. The van der Waals surface area contributed by atoms with Gasteiger partial charge >= 0.3 is 0 Å². The van der Waals surface area contributed by atoms with Crippen molar-refractivity contribution in [2.45, 2.75) is 0 Å². The molecule has 2 aromatic heterocycles. The van der Waals surface area contributed by atoms with Crippen LogP contribution in [-0.4, -0.2) is 15.0 Å². The van der Waals surface area contributed by atoms with Crippen LogP contribution in [0.25, 0.3) is 33.5 Å². The highest BCUT2D eigenvalue weighted by molar-refractivity contribution is 9.10. The Labute approximate surface area is 142 Å². The van der Waals surface area contributed by atoms with Crippen LogP contribution in [0.3, 0.4) is 0 Å². The van der Waals surface area contributed by atoms with Crippen molar-refractivity contribution in [1.29, 1.82) is 0 Å². The molecule has 0 saturated carbocycles. The highest BCUT2D eigenvalue weighted by Gasteiger charge is 2.14. The first-order valence-corrected chi connectivity index (χ1v) is 8.04. The van der Waals surface area contributed by atoms with Gasteiger partial charge in [0.15, 0.2) is 0 Å². The monoisotopic (exact) mass is 361 g/mol. The average molecular weight is 362 g/mol. The summed E-state index contributed by atoms with van der Waals surface area (Å²) in [6, 6.07) is 20.2. The molecule has 0 saturated heterocycles. The van der Waals surface area contributed by atoms with Crippen molar-refractivity contribution < 1.29 is 0 Å². The van der Waals surface area contributed by atoms with E-state index in [1.807, 2.05) is 48.5 Å². The molecule has 0 N–H and O–H groups in total. The van der Waals surface area contributed by atoms with Crippen LogP contribution in [0.5, 0.6) is 0 Å². The molecule has 4 rings (SSSR count). The second-order valence-electron chi connectivity index (χ2n) is 5.14. The number of aromatic nitrogens is 3. The number of hydrogen-bond donors (Lipinski definition) is 0. The van der Waals surface area contributed by atoms with Crippen molar-refractivity contribution in [1.82, 2.24) is 15.0 Å². The largest absolute Gasteiger partial charge is 0.261 e. The van der Waals surface area contributed by atoms with Gasteiger partial charge in [-0.15, -0.1) is 0 Å². The Morgan fingerprint density at radius 3 is 1.83 bits per heavy atom. The molecule has 2 heterocycles. The lowest BCUT2D eigenvalue weighted by atomic mass is 10.0. The summed E-state index contributed by atoms with van der Waals surface area (Å²) >= 11 is 3.52. The van der Waals surface area contributed by atoms with Crippen molar-refractivity contribution in [3.63, 3.8) is 0 Å². The third kappa shape index (κ3) is 2.62. The van der Waals surface area contributed by atoms with E-state index in [9.17, 15) is 0 Å². The van der Waals surface area contributed by atoms with Crippen molar-refractivity contribution >= 4 is 27.0 Å². The number of nitrogens with zero attached hydrogens (tertiary/aromatic N) is 3. The summed E-state index contributed by atoms with van der Waals surface area (Å²) in [5, 5.41) is 0. The maximum atomic E-state index is 4.87. The zero-order valence-corrected chi connectivity index (χ0v) is 13.7. The highest BCUT2D eigenvalue weighted by atomic mass is 79.9. The topological polar surface area (TPSA) is 38.7 Å². The van der Waals surface area contributed by atoms with Crippen LogP contribution in [0.1, 0.15) is 0 Å². The minimum atomic E-state index is 0.776. The molecule has 0 aliphatic carbocycles. The molecule has 0 radical (unpaired) electrons. The van der Waals surface area contributed by atoms with Crippen molar-refractivity contribution in [3.8, 4) is 22.5 Å². The van der Waals surface area contributed by atoms with Crippen LogP contribution < -0.4 is 0 Å². The van der Waals surface area contributed by atoms with Crippen LogP contribution >= 0.6 is 15.9 Å². The zero-order valence-electron chi connectivity index (χ0n) is 12.1. The molecule has 110 valence electrons. The Hall–Kier alpha value is -2.59. The highest BCUT2D eigenvalue weighted by Crippen LogP contribution is 2.32. The van der Waals surface area contributed by atoms with Gasteiger partial charge in [-0.2, -0.15) is 0 Å². The van der Waals surface area contributed by atoms with Gasteiger partial charge in [0.05, 0.1) is 22.1 Å². The third-order valence-electron chi connectivity index (χ3n) is 3.63. The van der Waals surface area contributed by atoms with E-state index in [0.29, 0.717) is 0 Å². The predicted octanol–water partition coefficient (Wildman–Crippen LogP) is 5.12. The van der Waals surface area contributed by atoms with Gasteiger partial charge in [-0.25, -0.2) is 9.97 Å². The molecule has 4 heteroatoms. The Morgan fingerprint density at radius 2 is 1.22 bits per heavy atom. The fourth-order valence-corrected chi connectivity index (χ4v) is 2.95. The summed E-state index contributed by atoms with van der Waals surface area (Å²) < 4.78 is 0.847. The normalized spacial score (nSPS) is 10.8. The number of pyridine rings is 1. The first-order chi connectivity index (χ1) is 11.3. The van der Waals surface area contributed by atoms with E-state index < -0.39 is 0 Å². The molecule has 3 nitrogen and oxygen atoms in total. The van der Waals surface area contributed by atoms with Crippen molar-refractivity contribution in [2.75, 3.05) is 0 Å². The van der Waals surface area contributed by atoms with Gasteiger partial charge < -0.3 is 0 Å². The third-order valence-corrected chi connectivity index (χ3v) is 4.21. The van der Waals surface area contributed by atoms with Gasteiger partial charge in [0.25, 0.3) is 0 Å². The average Bonchev–Trinajstić information content (AvgIpc) is 2.63. The van der Waals surface area contributed by atoms with E-state index in [2.05, 4.69) is 33.0 Å². The lowest BCUT2D eigenvalue weighted by Crippen LogP contribution is -1.96. The minimum absolute atomic E-state index is 0.776. The molecular formula is C19H12BrN3. The lowest BCUT2D eigenvalue weighted by Gasteiger charge is -2.11. The second kappa shape index (κ2) is 5.89. The fourth-order valence-electron chi connectivity index (χ4n) is 2.54. The maximum absolute atomic E-state index is 4.87. The Kier molecular flexibility index (Phi) is 3.60. The van der Waals surface area contributed by atoms with Crippen LogP contribution in [0.4, 0.5) is 0 Å². The smallest absolute Gasteiger partial charge is 0.109 e. The molecule has 0 spiro atoms. The van der Waals surface area contributed by atoms with Gasteiger partial charge in [-0.3, -0.25) is 4.98 Å². The maximum Gasteiger partial charge on any atom is 0.109 e. The van der Waals surface area contributed by atoms with E-state index in [1.54, 1.807) is 12.4 Å². The summed E-state index contributed by atoms with van der Waals surface area (Å²) in [5.41, 5.74) is 5.42. The van der Waals surface area contributed by atoms with Crippen LogP contribution in [0, 0.1) is 0 Å². The summed E-state index contributed by atoms with van der Waals surface area (Å²) in [6.07, 6.45) is 3.49.